The highest BCUT2D eigenvalue weighted by atomic mass is 32.1. The van der Waals surface area contributed by atoms with Gasteiger partial charge in [0.2, 0.25) is 0 Å². The summed E-state index contributed by atoms with van der Waals surface area (Å²) in [6.45, 7) is 2.09. The molecule has 0 unspecified atom stereocenters. The molecule has 1 aromatic heterocycles. The van der Waals surface area contributed by atoms with E-state index in [0.717, 1.165) is 42.0 Å². The van der Waals surface area contributed by atoms with Gasteiger partial charge in [-0.25, -0.2) is 4.98 Å². The average Bonchev–Trinajstić information content (AvgIpc) is 2.54. The Morgan fingerprint density at radius 1 is 1.14 bits per heavy atom. The first kappa shape index (κ1) is 15.4. The molecular formula is C18H24N3S+. The van der Waals surface area contributed by atoms with E-state index in [1.54, 1.807) is 0 Å². The molecule has 0 saturated heterocycles. The van der Waals surface area contributed by atoms with Gasteiger partial charge in [0.05, 0.1) is 27.2 Å². The molecule has 116 valence electrons. The van der Waals surface area contributed by atoms with Crippen LogP contribution in [-0.2, 0) is 19.4 Å². The number of benzene rings is 1. The Kier molecular flexibility index (Phi) is 4.69. The average molecular weight is 314 g/mol. The van der Waals surface area contributed by atoms with E-state index in [4.69, 9.17) is 17.2 Å². The monoisotopic (exact) mass is 314 g/mol. The highest BCUT2D eigenvalue weighted by molar-refractivity contribution is 7.71. The van der Waals surface area contributed by atoms with Crippen molar-refractivity contribution < 1.29 is 4.90 Å². The van der Waals surface area contributed by atoms with Crippen molar-refractivity contribution in [1.82, 2.24) is 9.55 Å². The molecule has 0 amide bonds. The van der Waals surface area contributed by atoms with Crippen molar-refractivity contribution in [3.05, 3.63) is 46.2 Å². The van der Waals surface area contributed by atoms with Crippen molar-refractivity contribution in [2.24, 2.45) is 0 Å². The number of hydrogen-bond acceptors (Lipinski definition) is 2. The smallest absolute Gasteiger partial charge is 0.141 e. The Bertz CT molecular complexity index is 704. The standard InChI is InChI=1S/C18H23N3S/c1-20(2)12-13-21-16-11-7-6-10-15(16)18(22)19-17(21)14-8-4-3-5-9-14/h3-5,8-9H,6-7,10-13H2,1-2H3/p+1. The van der Waals surface area contributed by atoms with E-state index in [9.17, 15) is 0 Å². The molecule has 0 fully saturated rings. The van der Waals surface area contributed by atoms with Crippen molar-refractivity contribution in [3.8, 4) is 11.4 Å². The van der Waals surface area contributed by atoms with Crippen molar-refractivity contribution >= 4 is 12.2 Å². The molecule has 4 heteroatoms. The van der Waals surface area contributed by atoms with Gasteiger partial charge >= 0.3 is 0 Å². The lowest BCUT2D eigenvalue weighted by molar-refractivity contribution is -0.858. The van der Waals surface area contributed by atoms with Gasteiger partial charge in [-0.05, 0) is 25.7 Å². The van der Waals surface area contributed by atoms with Gasteiger partial charge in [-0.2, -0.15) is 0 Å². The maximum absolute atomic E-state index is 5.59. The van der Waals surface area contributed by atoms with Gasteiger partial charge in [-0.3, -0.25) is 0 Å². The van der Waals surface area contributed by atoms with Crippen molar-refractivity contribution in [3.63, 3.8) is 0 Å². The third-order valence-corrected chi connectivity index (χ3v) is 4.69. The lowest BCUT2D eigenvalue weighted by Gasteiger charge is -2.24. The maximum Gasteiger partial charge on any atom is 0.141 e. The van der Waals surface area contributed by atoms with Crippen molar-refractivity contribution in [2.75, 3.05) is 20.6 Å². The molecule has 0 spiro atoms. The zero-order valence-corrected chi connectivity index (χ0v) is 14.2. The first-order chi connectivity index (χ1) is 10.7. The van der Waals surface area contributed by atoms with Crippen LogP contribution >= 0.6 is 12.2 Å². The van der Waals surface area contributed by atoms with E-state index in [0.29, 0.717) is 0 Å². The van der Waals surface area contributed by atoms with Crippen LogP contribution in [0.3, 0.4) is 0 Å². The molecule has 22 heavy (non-hydrogen) atoms. The highest BCUT2D eigenvalue weighted by Crippen LogP contribution is 2.26. The van der Waals surface area contributed by atoms with Crippen LogP contribution in [0.15, 0.2) is 30.3 Å². The molecule has 0 bridgehead atoms. The van der Waals surface area contributed by atoms with Crippen LogP contribution in [0, 0.1) is 4.64 Å². The van der Waals surface area contributed by atoms with E-state index >= 15 is 0 Å². The minimum atomic E-state index is 0.807. The summed E-state index contributed by atoms with van der Waals surface area (Å²) in [5.74, 6) is 1.03. The van der Waals surface area contributed by atoms with Crippen LogP contribution in [0.5, 0.6) is 0 Å². The third kappa shape index (κ3) is 3.13. The Hall–Kier alpha value is -1.52. The molecule has 1 aliphatic rings. The largest absolute Gasteiger partial charge is 0.338 e. The minimum Gasteiger partial charge on any atom is -0.338 e. The van der Waals surface area contributed by atoms with Gasteiger partial charge in [0, 0.05) is 16.8 Å². The van der Waals surface area contributed by atoms with Crippen LogP contribution in [0.1, 0.15) is 24.1 Å². The quantitative estimate of drug-likeness (QED) is 0.875. The fraction of sp³-hybridized carbons (Fsp3) is 0.444. The van der Waals surface area contributed by atoms with E-state index in [1.165, 1.54) is 29.0 Å². The van der Waals surface area contributed by atoms with Gasteiger partial charge in [-0.1, -0.05) is 42.5 Å². The molecule has 0 atom stereocenters. The summed E-state index contributed by atoms with van der Waals surface area (Å²) in [4.78, 5) is 6.26. The third-order valence-electron chi connectivity index (χ3n) is 4.35. The molecule has 1 N–H and O–H groups in total. The van der Waals surface area contributed by atoms with Gasteiger partial charge in [-0.15, -0.1) is 0 Å². The summed E-state index contributed by atoms with van der Waals surface area (Å²) in [7, 11) is 4.40. The van der Waals surface area contributed by atoms with E-state index in [1.807, 2.05) is 6.07 Å². The molecule has 1 aromatic carbocycles. The van der Waals surface area contributed by atoms with Crippen LogP contribution in [0.2, 0.25) is 0 Å². The number of fused-ring (bicyclic) bond motifs is 1. The Morgan fingerprint density at radius 3 is 2.59 bits per heavy atom. The van der Waals surface area contributed by atoms with Crippen LogP contribution in [0.4, 0.5) is 0 Å². The van der Waals surface area contributed by atoms with Gasteiger partial charge in [0.25, 0.3) is 0 Å². The van der Waals surface area contributed by atoms with E-state index in [-0.39, 0.29) is 0 Å². The minimum absolute atomic E-state index is 0.807. The normalized spacial score (nSPS) is 14.1. The fourth-order valence-electron chi connectivity index (χ4n) is 3.15. The molecule has 0 saturated carbocycles. The second-order valence-corrected chi connectivity index (χ2v) is 6.73. The molecule has 2 aromatic rings. The topological polar surface area (TPSA) is 22.3 Å². The van der Waals surface area contributed by atoms with Crippen LogP contribution in [-0.4, -0.2) is 30.2 Å². The SMILES string of the molecule is C[NH+](C)CCn1c(-c2ccccc2)nc(=S)c2c1CCCC2. The number of nitrogens with one attached hydrogen (secondary N) is 1. The first-order valence-corrected chi connectivity index (χ1v) is 8.54. The molecule has 3 rings (SSSR count). The summed E-state index contributed by atoms with van der Waals surface area (Å²) in [6.07, 6.45) is 4.71. The zero-order valence-electron chi connectivity index (χ0n) is 13.4. The molecule has 0 aliphatic heterocycles. The summed E-state index contributed by atoms with van der Waals surface area (Å²) >= 11 is 5.59. The zero-order chi connectivity index (χ0) is 15.5. The molecule has 1 heterocycles. The Balaban J connectivity index is 2.15. The lowest BCUT2D eigenvalue weighted by atomic mass is 9.96. The summed E-state index contributed by atoms with van der Waals surface area (Å²) < 4.78 is 3.23. The van der Waals surface area contributed by atoms with E-state index < -0.39 is 0 Å². The van der Waals surface area contributed by atoms with Crippen molar-refractivity contribution in [1.29, 1.82) is 0 Å². The molecule has 0 radical (unpaired) electrons. The predicted molar refractivity (Wildman–Crippen MR) is 92.8 cm³/mol. The summed E-state index contributed by atoms with van der Waals surface area (Å²) in [6, 6.07) is 10.4. The molecular weight excluding hydrogens is 290 g/mol. The maximum atomic E-state index is 5.59. The number of hydrogen-bond donors (Lipinski definition) is 1. The first-order valence-electron chi connectivity index (χ1n) is 8.14. The van der Waals surface area contributed by atoms with E-state index in [2.05, 4.69) is 42.9 Å². The molecule has 1 aliphatic carbocycles. The number of aromatic nitrogens is 2. The number of likely N-dealkylation sites (N-methyl/N-ethyl adjacent to an activating group) is 1. The van der Waals surface area contributed by atoms with Crippen molar-refractivity contribution in [2.45, 2.75) is 32.2 Å². The van der Waals surface area contributed by atoms with Gasteiger partial charge in [0.15, 0.2) is 0 Å². The second kappa shape index (κ2) is 6.71. The Labute approximate surface area is 137 Å². The predicted octanol–water partition coefficient (Wildman–Crippen LogP) is 2.30. The number of quaternary nitrogens is 1. The fourth-order valence-corrected chi connectivity index (χ4v) is 3.46. The second-order valence-electron chi connectivity index (χ2n) is 6.35. The van der Waals surface area contributed by atoms with Gasteiger partial charge in [0.1, 0.15) is 10.5 Å². The van der Waals surface area contributed by atoms with Gasteiger partial charge < -0.3 is 9.47 Å². The number of nitrogens with zero attached hydrogens (tertiary/aromatic N) is 2. The summed E-state index contributed by atoms with van der Waals surface area (Å²) in [5, 5.41) is 0. The number of rotatable bonds is 4. The lowest BCUT2D eigenvalue weighted by Crippen LogP contribution is -3.06. The highest BCUT2D eigenvalue weighted by Gasteiger charge is 2.19. The Morgan fingerprint density at radius 2 is 1.86 bits per heavy atom. The van der Waals surface area contributed by atoms with Crippen LogP contribution < -0.4 is 4.90 Å². The summed E-state index contributed by atoms with van der Waals surface area (Å²) in [5.41, 5.74) is 3.90. The molecule has 3 nitrogen and oxygen atoms in total. The van der Waals surface area contributed by atoms with Crippen LogP contribution in [0.25, 0.3) is 11.4 Å².